The van der Waals surface area contributed by atoms with Crippen LogP contribution >= 0.6 is 11.6 Å². The summed E-state index contributed by atoms with van der Waals surface area (Å²) < 4.78 is 7.45. The molecule has 152 valence electrons. The van der Waals surface area contributed by atoms with Crippen molar-refractivity contribution in [3.63, 3.8) is 0 Å². The maximum atomic E-state index is 13.2. The van der Waals surface area contributed by atoms with E-state index in [9.17, 15) is 14.4 Å². The number of halogens is 1. The molecule has 0 radical (unpaired) electrons. The van der Waals surface area contributed by atoms with E-state index in [1.807, 2.05) is 13.8 Å². The molecule has 2 aromatic carbocycles. The molecule has 0 fully saturated rings. The Labute approximate surface area is 172 Å². The Morgan fingerprint density at radius 2 is 1.83 bits per heavy atom. The van der Waals surface area contributed by atoms with Crippen LogP contribution in [0.1, 0.15) is 13.8 Å². The molecule has 1 aromatic heterocycles. The summed E-state index contributed by atoms with van der Waals surface area (Å²) in [4.78, 5) is 38.7. The number of benzene rings is 2. The third-order valence-electron chi connectivity index (χ3n) is 4.45. The van der Waals surface area contributed by atoms with Crippen molar-refractivity contribution in [3.05, 3.63) is 68.3 Å². The summed E-state index contributed by atoms with van der Waals surface area (Å²) in [6.45, 7) is 4.22. The summed E-state index contributed by atoms with van der Waals surface area (Å²) >= 11 is 6.09. The number of fused-ring (bicyclic) bond motifs is 1. The van der Waals surface area contributed by atoms with Crippen molar-refractivity contribution < 1.29 is 9.53 Å². The van der Waals surface area contributed by atoms with Gasteiger partial charge in [0.2, 0.25) is 5.91 Å². The van der Waals surface area contributed by atoms with E-state index >= 15 is 0 Å². The monoisotopic (exact) mass is 415 g/mol. The highest BCUT2D eigenvalue weighted by molar-refractivity contribution is 6.31. The molecule has 0 saturated heterocycles. The fourth-order valence-corrected chi connectivity index (χ4v) is 3.14. The predicted molar refractivity (Wildman–Crippen MR) is 113 cm³/mol. The van der Waals surface area contributed by atoms with Gasteiger partial charge in [-0.25, -0.2) is 9.36 Å². The summed E-state index contributed by atoms with van der Waals surface area (Å²) in [6, 6.07) is 11.2. The van der Waals surface area contributed by atoms with Gasteiger partial charge < -0.3 is 10.1 Å². The van der Waals surface area contributed by atoms with Gasteiger partial charge in [-0.15, -0.1) is 0 Å². The number of hydrogen-bond donors (Lipinski definition) is 1. The summed E-state index contributed by atoms with van der Waals surface area (Å²) in [5.74, 6) is 0.555. The molecule has 0 aliphatic heterocycles. The smallest absolute Gasteiger partial charge is 0.336 e. The topological polar surface area (TPSA) is 82.3 Å². The zero-order valence-corrected chi connectivity index (χ0v) is 17.2. The Morgan fingerprint density at radius 3 is 2.45 bits per heavy atom. The number of aromatic nitrogens is 2. The summed E-state index contributed by atoms with van der Waals surface area (Å²) in [6.07, 6.45) is 0. The highest BCUT2D eigenvalue weighted by Gasteiger charge is 2.17. The Morgan fingerprint density at radius 1 is 1.14 bits per heavy atom. The average Bonchev–Trinajstić information content (AvgIpc) is 2.70. The summed E-state index contributed by atoms with van der Waals surface area (Å²) in [5.41, 5.74) is -0.397. The number of methoxy groups -OCH3 is 1. The number of rotatable bonds is 6. The lowest BCUT2D eigenvalue weighted by atomic mass is 10.2. The zero-order valence-electron chi connectivity index (χ0n) is 16.4. The number of nitrogens with zero attached hydrogens (tertiary/aromatic N) is 2. The molecular weight excluding hydrogens is 394 g/mol. The summed E-state index contributed by atoms with van der Waals surface area (Å²) in [7, 11) is 1.53. The molecule has 0 unspecified atom stereocenters. The van der Waals surface area contributed by atoms with Crippen LogP contribution < -0.4 is 21.3 Å². The molecule has 29 heavy (non-hydrogen) atoms. The van der Waals surface area contributed by atoms with E-state index in [2.05, 4.69) is 5.32 Å². The molecule has 1 amide bonds. The molecule has 7 nitrogen and oxygen atoms in total. The van der Waals surface area contributed by atoms with Crippen LogP contribution in [0.2, 0.25) is 5.02 Å². The quantitative estimate of drug-likeness (QED) is 0.670. The molecular formula is C21H22ClN3O4. The molecule has 1 heterocycles. The Hall–Kier alpha value is -3.06. The highest BCUT2D eigenvalue weighted by atomic mass is 35.5. The van der Waals surface area contributed by atoms with Crippen LogP contribution in [0.25, 0.3) is 16.6 Å². The average molecular weight is 416 g/mol. The van der Waals surface area contributed by atoms with Crippen molar-refractivity contribution in [1.82, 2.24) is 14.5 Å². The van der Waals surface area contributed by atoms with Crippen molar-refractivity contribution in [2.45, 2.75) is 20.4 Å². The minimum Gasteiger partial charge on any atom is -0.497 e. The largest absolute Gasteiger partial charge is 0.497 e. The van der Waals surface area contributed by atoms with Gasteiger partial charge in [0.15, 0.2) is 0 Å². The standard InChI is InChI=1S/C21H22ClN3O4/c1-13(2)11-23-19(26)12-24-18-10-14(22)4-9-17(18)20(27)25(21(24)28)15-5-7-16(29-3)8-6-15/h4-10,13H,11-12H2,1-3H3,(H,23,26). The minimum atomic E-state index is -0.616. The molecule has 0 aliphatic carbocycles. The lowest BCUT2D eigenvalue weighted by Crippen LogP contribution is -2.42. The normalized spacial score (nSPS) is 11.1. The first-order valence-electron chi connectivity index (χ1n) is 9.18. The van der Waals surface area contributed by atoms with E-state index in [-0.39, 0.29) is 18.4 Å². The molecule has 0 spiro atoms. The third kappa shape index (κ3) is 4.35. The second-order valence-corrected chi connectivity index (χ2v) is 7.50. The molecule has 0 bridgehead atoms. The van der Waals surface area contributed by atoms with Gasteiger partial charge in [-0.2, -0.15) is 0 Å². The van der Waals surface area contributed by atoms with E-state index in [0.717, 1.165) is 4.57 Å². The van der Waals surface area contributed by atoms with Gasteiger partial charge >= 0.3 is 5.69 Å². The summed E-state index contributed by atoms with van der Waals surface area (Å²) in [5, 5.41) is 3.45. The van der Waals surface area contributed by atoms with Crippen LogP contribution in [0, 0.1) is 5.92 Å². The van der Waals surface area contributed by atoms with Gasteiger partial charge in [-0.3, -0.25) is 14.2 Å². The van der Waals surface area contributed by atoms with Gasteiger partial charge in [0.25, 0.3) is 5.56 Å². The van der Waals surface area contributed by atoms with Crippen LogP contribution in [0.4, 0.5) is 0 Å². The van der Waals surface area contributed by atoms with E-state index < -0.39 is 11.2 Å². The maximum Gasteiger partial charge on any atom is 0.336 e. The van der Waals surface area contributed by atoms with Crippen LogP contribution in [-0.4, -0.2) is 28.7 Å². The van der Waals surface area contributed by atoms with Crippen molar-refractivity contribution in [1.29, 1.82) is 0 Å². The van der Waals surface area contributed by atoms with E-state index in [0.29, 0.717) is 33.9 Å². The molecule has 0 aliphatic rings. The van der Waals surface area contributed by atoms with Gasteiger partial charge in [0, 0.05) is 11.6 Å². The molecule has 0 saturated carbocycles. The SMILES string of the molecule is COc1ccc(-n2c(=O)c3ccc(Cl)cc3n(CC(=O)NCC(C)C)c2=O)cc1. The first-order valence-corrected chi connectivity index (χ1v) is 9.56. The van der Waals surface area contributed by atoms with E-state index in [4.69, 9.17) is 16.3 Å². The third-order valence-corrected chi connectivity index (χ3v) is 4.68. The van der Waals surface area contributed by atoms with Gasteiger partial charge in [0.05, 0.1) is 23.7 Å². The first-order chi connectivity index (χ1) is 13.8. The number of ether oxygens (including phenoxy) is 1. The molecule has 3 rings (SSSR count). The van der Waals surface area contributed by atoms with Crippen molar-refractivity contribution in [2.75, 3.05) is 13.7 Å². The zero-order chi connectivity index (χ0) is 21.1. The van der Waals surface area contributed by atoms with Crippen LogP contribution in [0.5, 0.6) is 5.75 Å². The predicted octanol–water partition coefficient (Wildman–Crippen LogP) is 2.59. The van der Waals surface area contributed by atoms with Crippen LogP contribution in [-0.2, 0) is 11.3 Å². The minimum absolute atomic E-state index is 0.223. The van der Waals surface area contributed by atoms with Crippen molar-refractivity contribution in [3.8, 4) is 11.4 Å². The Kier molecular flexibility index (Phi) is 6.08. The first kappa shape index (κ1) is 20.7. The number of hydrogen-bond acceptors (Lipinski definition) is 4. The molecule has 3 aromatic rings. The number of nitrogens with one attached hydrogen (secondary N) is 1. The van der Waals surface area contributed by atoms with Gasteiger partial charge in [0.1, 0.15) is 12.3 Å². The molecule has 8 heteroatoms. The lowest BCUT2D eigenvalue weighted by molar-refractivity contribution is -0.121. The lowest BCUT2D eigenvalue weighted by Gasteiger charge is -2.15. The van der Waals surface area contributed by atoms with E-state index in [1.165, 1.54) is 17.7 Å². The second-order valence-electron chi connectivity index (χ2n) is 7.07. The Balaban J connectivity index is 2.20. The van der Waals surface area contributed by atoms with Crippen LogP contribution in [0.3, 0.4) is 0 Å². The van der Waals surface area contributed by atoms with Crippen LogP contribution in [0.15, 0.2) is 52.1 Å². The molecule has 0 atom stereocenters. The fourth-order valence-electron chi connectivity index (χ4n) is 2.97. The number of carbonyl (C=O) groups excluding carboxylic acids is 1. The highest BCUT2D eigenvalue weighted by Crippen LogP contribution is 2.17. The Bertz CT molecular complexity index is 1160. The van der Waals surface area contributed by atoms with Crippen molar-refractivity contribution in [2.24, 2.45) is 5.92 Å². The molecule has 1 N–H and O–H groups in total. The number of carbonyl (C=O) groups is 1. The number of amides is 1. The van der Waals surface area contributed by atoms with E-state index in [1.54, 1.807) is 36.4 Å². The van der Waals surface area contributed by atoms with Gasteiger partial charge in [-0.05, 0) is 48.4 Å². The maximum absolute atomic E-state index is 13.2. The fraction of sp³-hybridized carbons (Fsp3) is 0.286. The second kappa shape index (κ2) is 8.53. The van der Waals surface area contributed by atoms with Crippen molar-refractivity contribution >= 4 is 28.4 Å². The van der Waals surface area contributed by atoms with Gasteiger partial charge in [-0.1, -0.05) is 25.4 Å².